The van der Waals surface area contributed by atoms with Crippen LogP contribution in [0.4, 0.5) is 17.3 Å². The zero-order valence-corrected chi connectivity index (χ0v) is 24.1. The first-order valence-electron chi connectivity index (χ1n) is 14.5. The molecular formula is C35H37N5O. The average molecular weight is 544 g/mol. The Kier molecular flexibility index (Phi) is 7.55. The molecule has 0 unspecified atom stereocenters. The number of rotatable bonds is 8. The smallest absolute Gasteiger partial charge is 0.161 e. The summed E-state index contributed by atoms with van der Waals surface area (Å²) >= 11 is 0. The number of hydrogen-bond acceptors (Lipinski definition) is 5. The maximum atomic E-state index is 5.42. The summed E-state index contributed by atoms with van der Waals surface area (Å²) in [4.78, 5) is 11.6. The Morgan fingerprint density at radius 1 is 0.854 bits per heavy atom. The molecule has 0 bridgehead atoms. The van der Waals surface area contributed by atoms with Gasteiger partial charge in [0, 0.05) is 35.4 Å². The van der Waals surface area contributed by atoms with Crippen molar-refractivity contribution in [1.29, 1.82) is 0 Å². The second-order valence-electron chi connectivity index (χ2n) is 11.4. The highest BCUT2D eigenvalue weighted by Gasteiger charge is 2.27. The standard InChI is InChI=1S/C35H37N5O/c1-26-31(9-8-23-36-26)32-10-7-11-33(37-32)40(29-16-18-30(41-3)19-17-29)34-20-24-39(38-34)28-14-12-27(13-15-28)25-35(2)21-5-4-6-22-35/h7-20,23-24H,4-6,21-22,25H2,1-3H3. The summed E-state index contributed by atoms with van der Waals surface area (Å²) in [5.74, 6) is 2.35. The lowest BCUT2D eigenvalue weighted by Gasteiger charge is -2.33. The summed E-state index contributed by atoms with van der Waals surface area (Å²) in [5.41, 5.74) is 6.63. The van der Waals surface area contributed by atoms with E-state index in [1.54, 1.807) is 7.11 Å². The third kappa shape index (κ3) is 5.87. The van der Waals surface area contributed by atoms with Crippen LogP contribution < -0.4 is 9.64 Å². The van der Waals surface area contributed by atoms with Gasteiger partial charge in [-0.3, -0.25) is 9.88 Å². The van der Waals surface area contributed by atoms with Crippen LogP contribution in [0.15, 0.2) is 97.3 Å². The topological polar surface area (TPSA) is 56.1 Å². The van der Waals surface area contributed by atoms with E-state index >= 15 is 0 Å². The van der Waals surface area contributed by atoms with E-state index in [0.29, 0.717) is 5.41 Å². The Labute approximate surface area is 242 Å². The van der Waals surface area contributed by atoms with E-state index in [1.165, 1.54) is 37.7 Å². The number of pyridine rings is 2. The normalized spacial score (nSPS) is 14.5. The van der Waals surface area contributed by atoms with Gasteiger partial charge in [-0.15, -0.1) is 5.10 Å². The molecule has 208 valence electrons. The summed E-state index contributed by atoms with van der Waals surface area (Å²) in [5, 5.41) is 5.01. The Morgan fingerprint density at radius 3 is 2.37 bits per heavy atom. The predicted octanol–water partition coefficient (Wildman–Crippen LogP) is 8.63. The molecule has 0 aliphatic heterocycles. The number of hydrogen-bond donors (Lipinski definition) is 0. The van der Waals surface area contributed by atoms with Gasteiger partial charge in [0.1, 0.15) is 11.6 Å². The molecular weight excluding hydrogens is 506 g/mol. The fraction of sp³-hybridized carbons (Fsp3) is 0.286. The minimum atomic E-state index is 0.424. The number of benzene rings is 2. The molecule has 0 amide bonds. The van der Waals surface area contributed by atoms with Gasteiger partial charge in [-0.05, 0) is 97.8 Å². The molecule has 1 aliphatic rings. The van der Waals surface area contributed by atoms with Crippen LogP contribution in [0.1, 0.15) is 50.3 Å². The van der Waals surface area contributed by atoms with E-state index in [0.717, 1.165) is 52.1 Å². The maximum absolute atomic E-state index is 5.42. The van der Waals surface area contributed by atoms with Crippen molar-refractivity contribution in [2.75, 3.05) is 12.0 Å². The van der Waals surface area contributed by atoms with Gasteiger partial charge in [0.25, 0.3) is 0 Å². The number of nitrogens with zero attached hydrogens (tertiary/aromatic N) is 5. The Morgan fingerprint density at radius 2 is 1.63 bits per heavy atom. The second-order valence-corrected chi connectivity index (χ2v) is 11.4. The van der Waals surface area contributed by atoms with Crippen LogP contribution in [0.2, 0.25) is 0 Å². The van der Waals surface area contributed by atoms with Gasteiger partial charge in [-0.2, -0.15) is 0 Å². The molecule has 6 nitrogen and oxygen atoms in total. The molecule has 6 rings (SSSR count). The van der Waals surface area contributed by atoms with Crippen molar-refractivity contribution in [2.24, 2.45) is 5.41 Å². The van der Waals surface area contributed by atoms with Crippen molar-refractivity contribution in [3.05, 3.63) is 109 Å². The monoisotopic (exact) mass is 543 g/mol. The second kappa shape index (κ2) is 11.6. The highest BCUT2D eigenvalue weighted by atomic mass is 16.5. The van der Waals surface area contributed by atoms with Crippen molar-refractivity contribution >= 4 is 17.3 Å². The van der Waals surface area contributed by atoms with Crippen LogP contribution in [0.25, 0.3) is 16.9 Å². The van der Waals surface area contributed by atoms with Gasteiger partial charge >= 0.3 is 0 Å². The zero-order valence-electron chi connectivity index (χ0n) is 24.1. The van der Waals surface area contributed by atoms with Crippen molar-refractivity contribution in [1.82, 2.24) is 19.7 Å². The van der Waals surface area contributed by atoms with Crippen LogP contribution in [0, 0.1) is 12.3 Å². The molecule has 0 radical (unpaired) electrons. The SMILES string of the molecule is COc1ccc(N(c2cccc(-c3cccnc3C)n2)c2ccn(-c3ccc(CC4(C)CCCCC4)cc3)n2)cc1. The van der Waals surface area contributed by atoms with Gasteiger partial charge in [0.15, 0.2) is 5.82 Å². The molecule has 0 spiro atoms. The lowest BCUT2D eigenvalue weighted by molar-refractivity contribution is 0.215. The summed E-state index contributed by atoms with van der Waals surface area (Å²) in [7, 11) is 1.68. The Balaban J connectivity index is 1.32. The van der Waals surface area contributed by atoms with E-state index in [1.807, 2.05) is 78.6 Å². The van der Waals surface area contributed by atoms with Gasteiger partial charge in [-0.1, -0.05) is 44.4 Å². The van der Waals surface area contributed by atoms with Gasteiger partial charge in [0.2, 0.25) is 0 Å². The molecule has 0 N–H and O–H groups in total. The quantitative estimate of drug-likeness (QED) is 0.196. The van der Waals surface area contributed by atoms with Gasteiger partial charge in [0.05, 0.1) is 18.5 Å². The molecule has 0 saturated heterocycles. The predicted molar refractivity (Wildman–Crippen MR) is 165 cm³/mol. The summed E-state index contributed by atoms with van der Waals surface area (Å²) in [6, 6.07) is 29.0. The minimum absolute atomic E-state index is 0.424. The number of methoxy groups -OCH3 is 1. The van der Waals surface area contributed by atoms with Gasteiger partial charge < -0.3 is 4.74 Å². The van der Waals surface area contributed by atoms with E-state index in [9.17, 15) is 0 Å². The largest absolute Gasteiger partial charge is 0.497 e. The molecule has 3 heterocycles. The first kappa shape index (κ1) is 26.8. The van der Waals surface area contributed by atoms with Crippen LogP contribution in [0.3, 0.4) is 0 Å². The van der Waals surface area contributed by atoms with Crippen LogP contribution >= 0.6 is 0 Å². The van der Waals surface area contributed by atoms with Crippen molar-refractivity contribution < 1.29 is 4.74 Å². The lowest BCUT2D eigenvalue weighted by Crippen LogP contribution is -2.22. The Bertz CT molecular complexity index is 1600. The van der Waals surface area contributed by atoms with Crippen molar-refractivity contribution in [2.45, 2.75) is 52.4 Å². The van der Waals surface area contributed by atoms with Crippen molar-refractivity contribution in [3.8, 4) is 22.7 Å². The fourth-order valence-corrected chi connectivity index (χ4v) is 5.98. The van der Waals surface area contributed by atoms with E-state index in [4.69, 9.17) is 14.8 Å². The summed E-state index contributed by atoms with van der Waals surface area (Å²) in [6.07, 6.45) is 11.7. The molecule has 1 fully saturated rings. The molecule has 41 heavy (non-hydrogen) atoms. The van der Waals surface area contributed by atoms with Crippen LogP contribution in [-0.4, -0.2) is 26.9 Å². The van der Waals surface area contributed by atoms with E-state index < -0.39 is 0 Å². The average Bonchev–Trinajstić information content (AvgIpc) is 3.48. The third-order valence-electron chi connectivity index (χ3n) is 8.27. The third-order valence-corrected chi connectivity index (χ3v) is 8.27. The molecule has 3 aromatic heterocycles. The highest BCUT2D eigenvalue weighted by molar-refractivity contribution is 5.74. The number of aromatic nitrogens is 4. The molecule has 1 aliphatic carbocycles. The summed E-state index contributed by atoms with van der Waals surface area (Å²) < 4.78 is 7.35. The number of anilines is 3. The van der Waals surface area contributed by atoms with Crippen LogP contribution in [0.5, 0.6) is 5.75 Å². The first-order valence-corrected chi connectivity index (χ1v) is 14.5. The molecule has 5 aromatic rings. The Hall–Kier alpha value is -4.45. The summed E-state index contributed by atoms with van der Waals surface area (Å²) in [6.45, 7) is 4.46. The number of aryl methyl sites for hydroxylation is 1. The fourth-order valence-electron chi connectivity index (χ4n) is 5.98. The zero-order chi connectivity index (χ0) is 28.2. The van der Waals surface area contributed by atoms with Gasteiger partial charge in [-0.25, -0.2) is 9.67 Å². The molecule has 1 saturated carbocycles. The number of ether oxygens (including phenoxy) is 1. The minimum Gasteiger partial charge on any atom is -0.497 e. The molecule has 2 aromatic carbocycles. The van der Waals surface area contributed by atoms with Crippen LogP contribution in [-0.2, 0) is 6.42 Å². The first-order chi connectivity index (χ1) is 20.0. The molecule has 6 heteroatoms. The lowest BCUT2D eigenvalue weighted by atomic mass is 9.72. The highest BCUT2D eigenvalue weighted by Crippen LogP contribution is 2.39. The van der Waals surface area contributed by atoms with Crippen molar-refractivity contribution in [3.63, 3.8) is 0 Å². The van der Waals surface area contributed by atoms with E-state index in [2.05, 4.69) is 47.1 Å². The molecule has 0 atom stereocenters. The maximum Gasteiger partial charge on any atom is 0.161 e. The van der Waals surface area contributed by atoms with E-state index in [-0.39, 0.29) is 0 Å².